The van der Waals surface area contributed by atoms with Crippen molar-refractivity contribution in [3.05, 3.63) is 0 Å². The monoisotopic (exact) mass is 126 g/mol. The predicted molar refractivity (Wildman–Crippen MR) is 33.5 cm³/mol. The number of amides is 1. The summed E-state index contributed by atoms with van der Waals surface area (Å²) in [4.78, 5) is 11.9. The maximum atomic E-state index is 10.5. The Hall–Kier alpha value is -1.04. The number of hydrogen-bond donors (Lipinski definition) is 0. The Morgan fingerprint density at radius 3 is 2.33 bits per heavy atom. The molecular formula is C6H10N2O. The zero-order valence-electron chi connectivity index (χ0n) is 5.88. The third kappa shape index (κ3) is 2.13. The molecule has 0 saturated carbocycles. The van der Waals surface area contributed by atoms with E-state index in [1.165, 1.54) is 11.8 Å². The van der Waals surface area contributed by atoms with E-state index in [1.807, 2.05) is 6.07 Å². The van der Waals surface area contributed by atoms with Gasteiger partial charge >= 0.3 is 0 Å². The lowest BCUT2D eigenvalue weighted by Crippen LogP contribution is -2.31. The maximum Gasteiger partial charge on any atom is 0.220 e. The van der Waals surface area contributed by atoms with E-state index in [4.69, 9.17) is 5.26 Å². The molecule has 0 aromatic carbocycles. The first-order valence-corrected chi connectivity index (χ1v) is 2.72. The van der Waals surface area contributed by atoms with E-state index in [9.17, 15) is 4.79 Å². The Bertz CT molecular complexity index is 148. The average Bonchev–Trinajstić information content (AvgIpc) is 1.84. The summed E-state index contributed by atoms with van der Waals surface area (Å²) in [6.45, 7) is 3.12. The number of rotatable bonds is 1. The van der Waals surface area contributed by atoms with Crippen LogP contribution in [0.2, 0.25) is 0 Å². The Kier molecular flexibility index (Phi) is 2.72. The van der Waals surface area contributed by atoms with E-state index in [-0.39, 0.29) is 11.9 Å². The molecule has 0 N–H and O–H groups in total. The summed E-state index contributed by atoms with van der Waals surface area (Å²) >= 11 is 0. The van der Waals surface area contributed by atoms with Crippen LogP contribution in [0.5, 0.6) is 0 Å². The average molecular weight is 126 g/mol. The summed E-state index contributed by atoms with van der Waals surface area (Å²) in [7, 11) is 1.61. The van der Waals surface area contributed by atoms with Gasteiger partial charge in [-0.3, -0.25) is 4.79 Å². The van der Waals surface area contributed by atoms with Crippen LogP contribution in [0.4, 0.5) is 0 Å². The number of carbonyl (C=O) groups excluding carboxylic acids is 1. The van der Waals surface area contributed by atoms with Gasteiger partial charge in [-0.2, -0.15) is 5.26 Å². The SMILES string of the molecule is CC(=O)N(C)[C@@H](C)C#N. The van der Waals surface area contributed by atoms with Gasteiger partial charge < -0.3 is 4.90 Å². The van der Waals surface area contributed by atoms with Gasteiger partial charge in [-0.15, -0.1) is 0 Å². The summed E-state index contributed by atoms with van der Waals surface area (Å²) in [5.74, 6) is -0.0796. The number of hydrogen-bond acceptors (Lipinski definition) is 2. The standard InChI is InChI=1S/C6H10N2O/c1-5(4-7)8(3)6(2)9/h5H,1-3H3/t5-/m0/s1. The lowest BCUT2D eigenvalue weighted by Gasteiger charge is -2.15. The van der Waals surface area contributed by atoms with Crippen LogP contribution < -0.4 is 0 Å². The summed E-state index contributed by atoms with van der Waals surface area (Å²) < 4.78 is 0. The van der Waals surface area contributed by atoms with E-state index >= 15 is 0 Å². The topological polar surface area (TPSA) is 44.1 Å². The third-order valence-electron chi connectivity index (χ3n) is 1.26. The van der Waals surface area contributed by atoms with Gasteiger partial charge in [-0.05, 0) is 6.92 Å². The fourth-order valence-electron chi connectivity index (χ4n) is 0.359. The molecule has 0 spiro atoms. The van der Waals surface area contributed by atoms with Crippen molar-refractivity contribution in [2.24, 2.45) is 0 Å². The van der Waals surface area contributed by atoms with Crippen molar-refractivity contribution >= 4 is 5.91 Å². The van der Waals surface area contributed by atoms with Gasteiger partial charge in [0.25, 0.3) is 0 Å². The van der Waals surface area contributed by atoms with Crippen LogP contribution in [0.15, 0.2) is 0 Å². The van der Waals surface area contributed by atoms with Gasteiger partial charge in [-0.1, -0.05) is 0 Å². The van der Waals surface area contributed by atoms with Crippen molar-refractivity contribution in [1.82, 2.24) is 4.90 Å². The molecule has 3 nitrogen and oxygen atoms in total. The molecule has 0 bridgehead atoms. The summed E-state index contributed by atoms with van der Waals surface area (Å²) in [6, 6.07) is 1.63. The molecule has 3 heteroatoms. The van der Waals surface area contributed by atoms with Crippen LogP contribution in [-0.2, 0) is 4.79 Å². The number of carbonyl (C=O) groups is 1. The molecule has 1 atom stereocenters. The predicted octanol–water partition coefficient (Wildman–Crippen LogP) is 0.377. The smallest absolute Gasteiger partial charge is 0.220 e. The van der Waals surface area contributed by atoms with E-state index < -0.39 is 0 Å². The van der Waals surface area contributed by atoms with Crippen LogP contribution in [-0.4, -0.2) is 23.9 Å². The lowest BCUT2D eigenvalue weighted by atomic mass is 10.3. The first-order valence-electron chi connectivity index (χ1n) is 2.72. The summed E-state index contributed by atoms with van der Waals surface area (Å²) in [5, 5.41) is 8.31. The molecule has 0 unspecified atom stereocenters. The zero-order chi connectivity index (χ0) is 7.44. The van der Waals surface area contributed by atoms with Crippen molar-refractivity contribution in [2.45, 2.75) is 19.9 Å². The molecule has 0 aliphatic rings. The van der Waals surface area contributed by atoms with Gasteiger partial charge in [0.2, 0.25) is 5.91 Å². The van der Waals surface area contributed by atoms with Gasteiger partial charge in [-0.25, -0.2) is 0 Å². The van der Waals surface area contributed by atoms with Crippen molar-refractivity contribution in [3.63, 3.8) is 0 Å². The number of nitriles is 1. The van der Waals surface area contributed by atoms with E-state index in [0.29, 0.717) is 0 Å². The lowest BCUT2D eigenvalue weighted by molar-refractivity contribution is -0.128. The molecule has 0 aliphatic carbocycles. The summed E-state index contributed by atoms with van der Waals surface area (Å²) in [5.41, 5.74) is 0. The highest BCUT2D eigenvalue weighted by Gasteiger charge is 2.08. The van der Waals surface area contributed by atoms with E-state index in [0.717, 1.165) is 0 Å². The Balaban J connectivity index is 3.91. The molecule has 0 heterocycles. The van der Waals surface area contributed by atoms with Crippen LogP contribution >= 0.6 is 0 Å². The molecule has 0 rings (SSSR count). The normalized spacial score (nSPS) is 11.8. The highest BCUT2D eigenvalue weighted by Crippen LogP contribution is 1.91. The first kappa shape index (κ1) is 7.96. The second-order valence-corrected chi connectivity index (χ2v) is 1.93. The summed E-state index contributed by atoms with van der Waals surface area (Å²) in [6.07, 6.45) is 0. The highest BCUT2D eigenvalue weighted by atomic mass is 16.2. The van der Waals surface area contributed by atoms with E-state index in [1.54, 1.807) is 14.0 Å². The maximum absolute atomic E-state index is 10.5. The van der Waals surface area contributed by atoms with Gasteiger partial charge in [0.15, 0.2) is 0 Å². The molecule has 50 valence electrons. The van der Waals surface area contributed by atoms with Crippen LogP contribution in [0, 0.1) is 11.3 Å². The Morgan fingerprint density at radius 2 is 2.22 bits per heavy atom. The van der Waals surface area contributed by atoms with Gasteiger partial charge in [0, 0.05) is 14.0 Å². The highest BCUT2D eigenvalue weighted by molar-refractivity contribution is 5.73. The van der Waals surface area contributed by atoms with Crippen LogP contribution in [0.1, 0.15) is 13.8 Å². The second-order valence-electron chi connectivity index (χ2n) is 1.93. The minimum absolute atomic E-state index is 0.0796. The van der Waals surface area contributed by atoms with Crippen molar-refractivity contribution in [1.29, 1.82) is 5.26 Å². The molecule has 0 aliphatic heterocycles. The minimum atomic E-state index is -0.317. The Labute approximate surface area is 54.9 Å². The van der Waals surface area contributed by atoms with E-state index in [2.05, 4.69) is 0 Å². The molecule has 9 heavy (non-hydrogen) atoms. The van der Waals surface area contributed by atoms with Crippen molar-refractivity contribution in [3.8, 4) is 6.07 Å². The molecule has 1 amide bonds. The van der Waals surface area contributed by atoms with Gasteiger partial charge in [0.1, 0.15) is 6.04 Å². The first-order chi connectivity index (χ1) is 4.09. The van der Waals surface area contributed by atoms with Crippen molar-refractivity contribution in [2.75, 3.05) is 7.05 Å². The van der Waals surface area contributed by atoms with Crippen LogP contribution in [0.3, 0.4) is 0 Å². The second kappa shape index (κ2) is 3.08. The third-order valence-corrected chi connectivity index (χ3v) is 1.26. The zero-order valence-corrected chi connectivity index (χ0v) is 5.88. The molecule has 0 fully saturated rings. The number of nitrogens with zero attached hydrogens (tertiary/aromatic N) is 2. The molecule has 0 radical (unpaired) electrons. The van der Waals surface area contributed by atoms with Crippen molar-refractivity contribution < 1.29 is 4.79 Å². The fraction of sp³-hybridized carbons (Fsp3) is 0.667. The van der Waals surface area contributed by atoms with Gasteiger partial charge in [0.05, 0.1) is 6.07 Å². The largest absolute Gasteiger partial charge is 0.330 e. The quantitative estimate of drug-likeness (QED) is 0.509. The van der Waals surface area contributed by atoms with Crippen LogP contribution in [0.25, 0.3) is 0 Å². The molecule has 0 saturated heterocycles. The fourth-order valence-corrected chi connectivity index (χ4v) is 0.359. The Morgan fingerprint density at radius 1 is 1.78 bits per heavy atom. The molecule has 0 aromatic heterocycles. The molecular weight excluding hydrogens is 116 g/mol. The molecule has 0 aromatic rings. The minimum Gasteiger partial charge on any atom is -0.330 e.